The molecule has 2 aromatic rings. The van der Waals surface area contributed by atoms with E-state index in [0.717, 1.165) is 25.1 Å². The lowest BCUT2D eigenvalue weighted by atomic mass is 10.0. The van der Waals surface area contributed by atoms with Gasteiger partial charge in [0.25, 0.3) is 0 Å². The number of amides is 2. The van der Waals surface area contributed by atoms with E-state index in [0.29, 0.717) is 24.1 Å². The lowest BCUT2D eigenvalue weighted by molar-refractivity contribution is 0.189. The fourth-order valence-electron chi connectivity index (χ4n) is 3.31. The minimum atomic E-state index is -0.188. The lowest BCUT2D eigenvalue weighted by Gasteiger charge is -2.26. The van der Waals surface area contributed by atoms with Crippen molar-refractivity contribution in [1.29, 1.82) is 0 Å². The third-order valence-corrected chi connectivity index (χ3v) is 4.64. The van der Waals surface area contributed by atoms with Gasteiger partial charge in [0.15, 0.2) is 5.82 Å². The molecule has 2 atom stereocenters. The molecule has 1 aromatic carbocycles. The Hall–Kier alpha value is -2.37. The Morgan fingerprint density at radius 3 is 2.88 bits per heavy atom. The monoisotopic (exact) mass is 342 g/mol. The SMILES string of the molecule is Cc1noc(C[C@H](NC(=O)N2CCCC[C@@H](C)C2)c2ccccc2)n1. The standard InChI is InChI=1S/C19H26N4O2/c1-14-8-6-7-11-23(13-14)19(24)21-17(16-9-4-3-5-10-16)12-18-20-15(2)22-25-18/h3-5,9-10,14,17H,6-8,11-13H2,1-2H3,(H,21,24)/t14-,17+/m1/s1. The molecule has 0 bridgehead atoms. The van der Waals surface area contributed by atoms with Crippen LogP contribution in [0.4, 0.5) is 4.79 Å². The van der Waals surface area contributed by atoms with Gasteiger partial charge in [-0.15, -0.1) is 0 Å². The Labute approximate surface area is 148 Å². The van der Waals surface area contributed by atoms with Crippen molar-refractivity contribution in [1.82, 2.24) is 20.4 Å². The van der Waals surface area contributed by atoms with Crippen LogP contribution < -0.4 is 5.32 Å². The number of rotatable bonds is 4. The van der Waals surface area contributed by atoms with Gasteiger partial charge in [-0.3, -0.25) is 0 Å². The third kappa shape index (κ3) is 4.81. The van der Waals surface area contributed by atoms with Gasteiger partial charge in [-0.1, -0.05) is 48.8 Å². The summed E-state index contributed by atoms with van der Waals surface area (Å²) in [5.74, 6) is 1.69. The van der Waals surface area contributed by atoms with Crippen LogP contribution in [0.2, 0.25) is 0 Å². The Balaban J connectivity index is 1.73. The maximum absolute atomic E-state index is 12.8. The van der Waals surface area contributed by atoms with E-state index < -0.39 is 0 Å². The van der Waals surface area contributed by atoms with Crippen LogP contribution in [0.5, 0.6) is 0 Å². The first kappa shape index (κ1) is 17.5. The quantitative estimate of drug-likeness (QED) is 0.923. The van der Waals surface area contributed by atoms with Crippen molar-refractivity contribution in [2.24, 2.45) is 5.92 Å². The van der Waals surface area contributed by atoms with E-state index in [1.165, 1.54) is 12.8 Å². The zero-order valence-electron chi connectivity index (χ0n) is 14.9. The fourth-order valence-corrected chi connectivity index (χ4v) is 3.31. The molecule has 1 saturated heterocycles. The predicted octanol–water partition coefficient (Wildman–Crippen LogP) is 3.49. The smallest absolute Gasteiger partial charge is 0.317 e. The molecule has 6 heteroatoms. The van der Waals surface area contributed by atoms with Crippen LogP contribution in [0.3, 0.4) is 0 Å². The van der Waals surface area contributed by atoms with E-state index in [4.69, 9.17) is 4.52 Å². The molecule has 0 radical (unpaired) electrons. The highest BCUT2D eigenvalue weighted by atomic mass is 16.5. The summed E-state index contributed by atoms with van der Waals surface area (Å²) in [7, 11) is 0. The molecule has 1 aliphatic heterocycles. The van der Waals surface area contributed by atoms with Gasteiger partial charge in [0.05, 0.1) is 12.5 Å². The normalized spacial score (nSPS) is 19.3. The van der Waals surface area contributed by atoms with Gasteiger partial charge >= 0.3 is 6.03 Å². The molecule has 2 amide bonds. The van der Waals surface area contributed by atoms with Crippen molar-refractivity contribution in [3.8, 4) is 0 Å². The van der Waals surface area contributed by atoms with Gasteiger partial charge in [-0.2, -0.15) is 4.98 Å². The number of urea groups is 1. The fraction of sp³-hybridized carbons (Fsp3) is 0.526. The molecule has 3 rings (SSSR count). The van der Waals surface area contributed by atoms with Gasteiger partial charge in [-0.25, -0.2) is 4.79 Å². The van der Waals surface area contributed by atoms with Crippen molar-refractivity contribution >= 4 is 6.03 Å². The number of carbonyl (C=O) groups is 1. The van der Waals surface area contributed by atoms with Crippen molar-refractivity contribution in [3.63, 3.8) is 0 Å². The highest BCUT2D eigenvalue weighted by molar-refractivity contribution is 5.74. The molecule has 134 valence electrons. The first-order valence-corrected chi connectivity index (χ1v) is 9.01. The molecule has 0 saturated carbocycles. The van der Waals surface area contributed by atoms with Crippen LogP contribution in [-0.4, -0.2) is 34.2 Å². The van der Waals surface area contributed by atoms with E-state index in [9.17, 15) is 4.79 Å². The molecule has 0 spiro atoms. The average molecular weight is 342 g/mol. The second-order valence-corrected chi connectivity index (χ2v) is 6.90. The number of aromatic nitrogens is 2. The Kier molecular flexibility index (Phi) is 5.68. The largest absolute Gasteiger partial charge is 0.339 e. The maximum Gasteiger partial charge on any atom is 0.317 e. The second-order valence-electron chi connectivity index (χ2n) is 6.90. The first-order valence-electron chi connectivity index (χ1n) is 9.01. The van der Waals surface area contributed by atoms with E-state index in [2.05, 4.69) is 22.4 Å². The van der Waals surface area contributed by atoms with Crippen LogP contribution in [0.25, 0.3) is 0 Å². The number of hydrogen-bond donors (Lipinski definition) is 1. The summed E-state index contributed by atoms with van der Waals surface area (Å²) in [5, 5.41) is 7.01. The molecule has 1 aromatic heterocycles. The minimum Gasteiger partial charge on any atom is -0.339 e. The number of aryl methyl sites for hydroxylation is 1. The van der Waals surface area contributed by atoms with E-state index in [1.807, 2.05) is 35.2 Å². The number of carbonyl (C=O) groups excluding carboxylic acids is 1. The summed E-state index contributed by atoms with van der Waals surface area (Å²) in [6.07, 6.45) is 3.93. The van der Waals surface area contributed by atoms with Gasteiger partial charge in [-0.05, 0) is 31.2 Å². The van der Waals surface area contributed by atoms with Gasteiger partial charge in [0.1, 0.15) is 0 Å². The van der Waals surface area contributed by atoms with E-state index in [-0.39, 0.29) is 12.1 Å². The summed E-state index contributed by atoms with van der Waals surface area (Å²) in [5.41, 5.74) is 1.04. The van der Waals surface area contributed by atoms with Crippen molar-refractivity contribution < 1.29 is 9.32 Å². The van der Waals surface area contributed by atoms with Crippen molar-refractivity contribution in [2.75, 3.05) is 13.1 Å². The molecular formula is C19H26N4O2. The van der Waals surface area contributed by atoms with Crippen molar-refractivity contribution in [2.45, 2.75) is 45.6 Å². The molecule has 25 heavy (non-hydrogen) atoms. The number of likely N-dealkylation sites (tertiary alicyclic amines) is 1. The lowest BCUT2D eigenvalue weighted by Crippen LogP contribution is -2.43. The number of hydrogen-bond acceptors (Lipinski definition) is 4. The average Bonchev–Trinajstić information content (AvgIpc) is 2.89. The Morgan fingerprint density at radius 2 is 2.16 bits per heavy atom. The Bertz CT molecular complexity index is 686. The topological polar surface area (TPSA) is 71.3 Å². The Morgan fingerprint density at radius 1 is 1.36 bits per heavy atom. The van der Waals surface area contributed by atoms with Gasteiger partial charge < -0.3 is 14.7 Å². The predicted molar refractivity (Wildman–Crippen MR) is 95.0 cm³/mol. The summed E-state index contributed by atoms with van der Waals surface area (Å²) >= 11 is 0. The minimum absolute atomic E-state index is 0.0150. The molecule has 1 aliphatic rings. The molecule has 1 fully saturated rings. The molecular weight excluding hydrogens is 316 g/mol. The second kappa shape index (κ2) is 8.14. The van der Waals surface area contributed by atoms with Crippen LogP contribution in [0.1, 0.15) is 49.5 Å². The molecule has 6 nitrogen and oxygen atoms in total. The number of benzene rings is 1. The highest BCUT2D eigenvalue weighted by Gasteiger charge is 2.24. The molecule has 0 aliphatic carbocycles. The summed E-state index contributed by atoms with van der Waals surface area (Å²) < 4.78 is 5.25. The highest BCUT2D eigenvalue weighted by Crippen LogP contribution is 2.20. The van der Waals surface area contributed by atoms with Crippen LogP contribution in [0, 0.1) is 12.8 Å². The zero-order valence-corrected chi connectivity index (χ0v) is 14.9. The summed E-state index contributed by atoms with van der Waals surface area (Å²) in [4.78, 5) is 19.0. The maximum atomic E-state index is 12.8. The van der Waals surface area contributed by atoms with Crippen LogP contribution >= 0.6 is 0 Å². The van der Waals surface area contributed by atoms with E-state index in [1.54, 1.807) is 6.92 Å². The first-order chi connectivity index (χ1) is 12.1. The summed E-state index contributed by atoms with van der Waals surface area (Å²) in [6.45, 7) is 5.63. The van der Waals surface area contributed by atoms with Crippen LogP contribution in [0.15, 0.2) is 34.9 Å². The number of nitrogens with one attached hydrogen (secondary N) is 1. The zero-order chi connectivity index (χ0) is 17.6. The van der Waals surface area contributed by atoms with Crippen LogP contribution in [-0.2, 0) is 6.42 Å². The number of nitrogens with zero attached hydrogens (tertiary/aromatic N) is 3. The molecule has 1 N–H and O–H groups in total. The van der Waals surface area contributed by atoms with E-state index >= 15 is 0 Å². The third-order valence-electron chi connectivity index (χ3n) is 4.64. The van der Waals surface area contributed by atoms with Gasteiger partial charge in [0, 0.05) is 13.1 Å². The molecule has 2 heterocycles. The molecule has 0 unspecified atom stereocenters. The van der Waals surface area contributed by atoms with Crippen molar-refractivity contribution in [3.05, 3.63) is 47.6 Å². The summed E-state index contributed by atoms with van der Waals surface area (Å²) in [6, 6.07) is 9.74. The van der Waals surface area contributed by atoms with Gasteiger partial charge in [0.2, 0.25) is 5.89 Å².